The summed E-state index contributed by atoms with van der Waals surface area (Å²) < 4.78 is 18.7. The highest BCUT2D eigenvalue weighted by Crippen LogP contribution is 2.29. The fraction of sp³-hybridized carbons (Fsp3) is 0.387. The summed E-state index contributed by atoms with van der Waals surface area (Å²) >= 11 is 0. The molecule has 8 nitrogen and oxygen atoms in total. The van der Waals surface area contributed by atoms with Gasteiger partial charge in [0.05, 0.1) is 19.3 Å². The van der Waals surface area contributed by atoms with Crippen molar-refractivity contribution in [3.05, 3.63) is 78.1 Å². The van der Waals surface area contributed by atoms with E-state index in [1.807, 2.05) is 78.8 Å². The van der Waals surface area contributed by atoms with E-state index in [1.165, 1.54) is 13.5 Å². The minimum atomic E-state index is -0.621. The summed E-state index contributed by atoms with van der Waals surface area (Å²) in [4.78, 5) is 32.5. The van der Waals surface area contributed by atoms with Crippen molar-refractivity contribution in [2.45, 2.75) is 44.6 Å². The van der Waals surface area contributed by atoms with Crippen LogP contribution in [0.5, 0.6) is 5.75 Å². The van der Waals surface area contributed by atoms with Crippen LogP contribution < -0.4 is 9.64 Å². The van der Waals surface area contributed by atoms with Crippen molar-refractivity contribution in [3.8, 4) is 5.75 Å². The lowest BCUT2D eigenvalue weighted by molar-refractivity contribution is -0.144. The van der Waals surface area contributed by atoms with Crippen molar-refractivity contribution >= 4 is 28.9 Å². The summed E-state index contributed by atoms with van der Waals surface area (Å²) in [5.41, 5.74) is 3.12. The molecule has 1 aliphatic rings. The SMILES string of the molecule is COC(=O)C(Cc1ccc(OCCN(C)c2nc3ccccc3o2)cc1)n1cccc1C(=O)C1CCCCC1. The molecule has 0 spiro atoms. The molecule has 1 unspecified atom stereocenters. The Morgan fingerprint density at radius 2 is 1.82 bits per heavy atom. The molecule has 0 saturated heterocycles. The Balaban J connectivity index is 1.20. The molecule has 0 N–H and O–H groups in total. The number of carbonyl (C=O) groups excluding carboxylic acids is 2. The number of aromatic nitrogens is 2. The van der Waals surface area contributed by atoms with Gasteiger partial charge in [-0.05, 0) is 54.8 Å². The summed E-state index contributed by atoms with van der Waals surface area (Å²) in [6.07, 6.45) is 7.40. The quantitative estimate of drug-likeness (QED) is 0.178. The number of nitrogens with zero attached hydrogens (tertiary/aromatic N) is 3. The molecule has 204 valence electrons. The lowest BCUT2D eigenvalue weighted by Crippen LogP contribution is -2.28. The van der Waals surface area contributed by atoms with Crippen LogP contribution in [0.4, 0.5) is 6.01 Å². The number of rotatable bonds is 11. The predicted octanol–water partition coefficient (Wildman–Crippen LogP) is 5.86. The molecule has 0 bridgehead atoms. The molecule has 2 aromatic carbocycles. The molecule has 1 saturated carbocycles. The van der Waals surface area contributed by atoms with Gasteiger partial charge in [0.25, 0.3) is 6.01 Å². The lowest BCUT2D eigenvalue weighted by Gasteiger charge is -2.24. The first-order valence-electron chi connectivity index (χ1n) is 13.6. The average Bonchev–Trinajstić information content (AvgIpc) is 3.64. The van der Waals surface area contributed by atoms with E-state index in [2.05, 4.69) is 4.98 Å². The van der Waals surface area contributed by atoms with Gasteiger partial charge in [0.1, 0.15) is 23.9 Å². The Hall–Kier alpha value is -4.07. The fourth-order valence-corrected chi connectivity index (χ4v) is 5.24. The predicted molar refractivity (Wildman–Crippen MR) is 149 cm³/mol. The van der Waals surface area contributed by atoms with Gasteiger partial charge in [-0.25, -0.2) is 4.79 Å². The van der Waals surface area contributed by atoms with Crippen LogP contribution in [0, 0.1) is 5.92 Å². The summed E-state index contributed by atoms with van der Waals surface area (Å²) in [6.45, 7) is 1.06. The normalized spacial score (nSPS) is 14.7. The number of ether oxygens (including phenoxy) is 2. The number of carbonyl (C=O) groups is 2. The second kappa shape index (κ2) is 12.2. The lowest BCUT2D eigenvalue weighted by atomic mass is 9.85. The van der Waals surface area contributed by atoms with Gasteiger partial charge in [-0.3, -0.25) is 4.79 Å². The maximum atomic E-state index is 13.3. The Bertz CT molecular complexity index is 1370. The molecule has 1 fully saturated rings. The van der Waals surface area contributed by atoms with Crippen molar-refractivity contribution in [2.75, 3.05) is 32.2 Å². The van der Waals surface area contributed by atoms with E-state index >= 15 is 0 Å². The van der Waals surface area contributed by atoms with E-state index in [0.717, 1.165) is 48.1 Å². The van der Waals surface area contributed by atoms with Crippen molar-refractivity contribution < 1.29 is 23.5 Å². The molecule has 39 heavy (non-hydrogen) atoms. The number of hydrogen-bond donors (Lipinski definition) is 0. The first-order chi connectivity index (χ1) is 19.0. The highest BCUT2D eigenvalue weighted by Gasteiger charge is 2.29. The molecule has 4 aromatic rings. The Kier molecular flexibility index (Phi) is 8.30. The number of methoxy groups -OCH3 is 1. The highest BCUT2D eigenvalue weighted by atomic mass is 16.5. The number of anilines is 1. The molecular formula is C31H35N3O5. The minimum Gasteiger partial charge on any atom is -0.492 e. The van der Waals surface area contributed by atoms with Crippen LogP contribution in [-0.4, -0.2) is 48.6 Å². The van der Waals surface area contributed by atoms with E-state index in [-0.39, 0.29) is 17.7 Å². The van der Waals surface area contributed by atoms with Crippen LogP contribution in [0.15, 0.2) is 71.3 Å². The Morgan fingerprint density at radius 1 is 1.05 bits per heavy atom. The largest absolute Gasteiger partial charge is 0.492 e. The zero-order valence-corrected chi connectivity index (χ0v) is 22.5. The molecule has 0 aliphatic heterocycles. The first kappa shape index (κ1) is 26.5. The number of oxazole rings is 1. The van der Waals surface area contributed by atoms with Crippen molar-refractivity contribution in [1.82, 2.24) is 9.55 Å². The molecular weight excluding hydrogens is 494 g/mol. The second-order valence-corrected chi connectivity index (χ2v) is 10.1. The van der Waals surface area contributed by atoms with E-state index in [4.69, 9.17) is 13.9 Å². The molecule has 2 heterocycles. The van der Waals surface area contributed by atoms with Crippen LogP contribution in [0.3, 0.4) is 0 Å². The van der Waals surface area contributed by atoms with Crippen molar-refractivity contribution in [3.63, 3.8) is 0 Å². The molecule has 2 aromatic heterocycles. The van der Waals surface area contributed by atoms with Crippen LogP contribution in [-0.2, 0) is 16.0 Å². The second-order valence-electron chi connectivity index (χ2n) is 10.1. The number of hydrogen-bond acceptors (Lipinski definition) is 7. The number of Topliss-reactive ketones (excluding diaryl/α,β-unsaturated/α-hetero) is 1. The number of fused-ring (bicyclic) bond motifs is 1. The zero-order valence-electron chi connectivity index (χ0n) is 22.5. The summed E-state index contributed by atoms with van der Waals surface area (Å²) in [5, 5.41) is 0. The van der Waals surface area contributed by atoms with Gasteiger partial charge < -0.3 is 23.4 Å². The first-order valence-corrected chi connectivity index (χ1v) is 13.6. The van der Waals surface area contributed by atoms with Gasteiger partial charge in [-0.2, -0.15) is 4.98 Å². The molecule has 8 heteroatoms. The van der Waals surface area contributed by atoms with Crippen LogP contribution in [0.2, 0.25) is 0 Å². The zero-order chi connectivity index (χ0) is 27.2. The van der Waals surface area contributed by atoms with E-state index in [9.17, 15) is 9.59 Å². The van der Waals surface area contributed by atoms with Gasteiger partial charge in [0, 0.05) is 25.6 Å². The molecule has 0 amide bonds. The minimum absolute atomic E-state index is 0.0313. The van der Waals surface area contributed by atoms with Gasteiger partial charge in [0.2, 0.25) is 0 Å². The number of ketones is 1. The van der Waals surface area contributed by atoms with Crippen LogP contribution >= 0.6 is 0 Å². The number of para-hydroxylation sites is 2. The molecule has 0 radical (unpaired) electrons. The molecule has 1 aliphatic carbocycles. The van der Waals surface area contributed by atoms with Gasteiger partial charge in [-0.15, -0.1) is 0 Å². The smallest absolute Gasteiger partial charge is 0.329 e. The highest BCUT2D eigenvalue weighted by molar-refractivity contribution is 5.97. The topological polar surface area (TPSA) is 86.8 Å². The average molecular weight is 530 g/mol. The third kappa shape index (κ3) is 6.16. The monoisotopic (exact) mass is 529 g/mol. The fourth-order valence-electron chi connectivity index (χ4n) is 5.24. The summed E-state index contributed by atoms with van der Waals surface area (Å²) in [6, 6.07) is 18.9. The van der Waals surface area contributed by atoms with Crippen molar-refractivity contribution in [2.24, 2.45) is 5.92 Å². The molecule has 5 rings (SSSR count). The maximum absolute atomic E-state index is 13.3. The van der Waals surface area contributed by atoms with E-state index in [1.54, 1.807) is 4.57 Å². The Morgan fingerprint density at radius 3 is 2.56 bits per heavy atom. The van der Waals surface area contributed by atoms with Crippen LogP contribution in [0.25, 0.3) is 11.1 Å². The van der Waals surface area contributed by atoms with Gasteiger partial charge in [0.15, 0.2) is 11.4 Å². The van der Waals surface area contributed by atoms with E-state index < -0.39 is 6.04 Å². The third-order valence-corrected chi connectivity index (χ3v) is 7.47. The molecule has 1 atom stereocenters. The third-order valence-electron chi connectivity index (χ3n) is 7.47. The van der Waals surface area contributed by atoms with Gasteiger partial charge >= 0.3 is 5.97 Å². The Labute approximate surface area is 228 Å². The van der Waals surface area contributed by atoms with Gasteiger partial charge in [-0.1, -0.05) is 43.5 Å². The van der Waals surface area contributed by atoms with Crippen LogP contribution in [0.1, 0.15) is 54.2 Å². The summed E-state index contributed by atoms with van der Waals surface area (Å²) in [5.74, 6) is 0.517. The number of likely N-dealkylation sites (N-methyl/N-ethyl adjacent to an activating group) is 1. The maximum Gasteiger partial charge on any atom is 0.329 e. The summed E-state index contributed by atoms with van der Waals surface area (Å²) in [7, 11) is 3.30. The standard InChI is InChI=1S/C31H35N3O5/c1-33(31-32-25-11-6-7-13-28(25)39-31)19-20-38-24-16-14-22(15-17-24)21-27(30(36)37-2)34-18-8-12-26(34)29(35)23-9-4-3-5-10-23/h6-8,11-18,23,27H,3-5,9-10,19-21H2,1-2H3. The number of benzene rings is 2. The van der Waals surface area contributed by atoms with E-state index in [0.29, 0.717) is 31.3 Å². The number of esters is 1. The van der Waals surface area contributed by atoms with Crippen molar-refractivity contribution in [1.29, 1.82) is 0 Å².